The second-order valence-corrected chi connectivity index (χ2v) is 5.02. The van der Waals surface area contributed by atoms with Crippen LogP contribution in [0.5, 0.6) is 5.88 Å². The van der Waals surface area contributed by atoms with Gasteiger partial charge in [0.2, 0.25) is 11.6 Å². The Balaban J connectivity index is 1.97. The Bertz CT molecular complexity index is 794. The molecule has 0 radical (unpaired) electrons. The Morgan fingerprint density at radius 2 is 2.18 bits per heavy atom. The number of ether oxygens (including phenoxy) is 1. The molecule has 3 rings (SSSR count). The van der Waals surface area contributed by atoms with E-state index in [0.717, 1.165) is 17.8 Å². The highest BCUT2D eigenvalue weighted by Gasteiger charge is 2.17. The number of halogens is 1. The van der Waals surface area contributed by atoms with Crippen molar-refractivity contribution in [2.75, 3.05) is 0 Å². The summed E-state index contributed by atoms with van der Waals surface area (Å²) in [6.45, 7) is 1.97. The van der Waals surface area contributed by atoms with Gasteiger partial charge in [-0.2, -0.15) is 5.10 Å². The fourth-order valence-electron chi connectivity index (χ4n) is 1.99. The number of benzene rings is 1. The van der Waals surface area contributed by atoms with Crippen LogP contribution in [0.1, 0.15) is 23.2 Å². The first kappa shape index (κ1) is 14.4. The van der Waals surface area contributed by atoms with E-state index in [1.807, 2.05) is 19.1 Å². The number of esters is 1. The summed E-state index contributed by atoms with van der Waals surface area (Å²) in [7, 11) is 0. The first-order chi connectivity index (χ1) is 10.7. The van der Waals surface area contributed by atoms with Gasteiger partial charge in [-0.1, -0.05) is 24.6 Å². The van der Waals surface area contributed by atoms with Gasteiger partial charge in [-0.15, -0.1) is 0 Å². The van der Waals surface area contributed by atoms with E-state index >= 15 is 0 Å². The molecule has 0 unspecified atom stereocenters. The second-order valence-electron chi connectivity index (χ2n) is 4.59. The van der Waals surface area contributed by atoms with Crippen LogP contribution in [0.25, 0.3) is 5.69 Å². The Morgan fingerprint density at radius 1 is 1.32 bits per heavy atom. The predicted molar refractivity (Wildman–Crippen MR) is 81.6 cm³/mol. The first-order valence-electron chi connectivity index (χ1n) is 6.78. The summed E-state index contributed by atoms with van der Waals surface area (Å²) in [6, 6.07) is 12.1. The molecular formula is C16H13ClN2O3. The minimum Gasteiger partial charge on any atom is -0.457 e. The Morgan fingerprint density at radius 3 is 2.86 bits per heavy atom. The molecule has 0 saturated heterocycles. The van der Waals surface area contributed by atoms with E-state index in [-0.39, 0.29) is 5.76 Å². The van der Waals surface area contributed by atoms with Crippen LogP contribution >= 0.6 is 11.6 Å². The molecule has 22 heavy (non-hydrogen) atoms. The van der Waals surface area contributed by atoms with Gasteiger partial charge in [0.1, 0.15) is 0 Å². The van der Waals surface area contributed by atoms with Crippen molar-refractivity contribution in [2.45, 2.75) is 13.3 Å². The Labute approximate surface area is 132 Å². The van der Waals surface area contributed by atoms with Crippen molar-refractivity contribution in [1.29, 1.82) is 0 Å². The lowest BCUT2D eigenvalue weighted by Crippen LogP contribution is -2.11. The van der Waals surface area contributed by atoms with Crippen LogP contribution in [0.4, 0.5) is 0 Å². The summed E-state index contributed by atoms with van der Waals surface area (Å²) in [5.41, 5.74) is 1.52. The molecule has 0 atom stereocenters. The zero-order valence-corrected chi connectivity index (χ0v) is 12.6. The molecule has 0 aliphatic heterocycles. The van der Waals surface area contributed by atoms with Gasteiger partial charge in [-0.3, -0.25) is 0 Å². The number of furan rings is 1. The number of hydrogen-bond donors (Lipinski definition) is 0. The molecule has 0 spiro atoms. The van der Waals surface area contributed by atoms with Crippen LogP contribution in [-0.2, 0) is 6.42 Å². The lowest BCUT2D eigenvalue weighted by molar-refractivity contribution is 0.0689. The summed E-state index contributed by atoms with van der Waals surface area (Å²) < 4.78 is 12.0. The van der Waals surface area contributed by atoms with Crippen LogP contribution < -0.4 is 4.74 Å². The van der Waals surface area contributed by atoms with Gasteiger partial charge in [-0.05, 0) is 36.8 Å². The SMILES string of the molecule is CCc1cc(OC(=O)c2ccco2)n(-c2cccc(Cl)c2)n1. The van der Waals surface area contributed by atoms with E-state index in [1.165, 1.54) is 6.26 Å². The minimum atomic E-state index is -0.573. The van der Waals surface area contributed by atoms with E-state index in [0.29, 0.717) is 10.9 Å². The highest BCUT2D eigenvalue weighted by molar-refractivity contribution is 6.30. The smallest absolute Gasteiger partial charge is 0.380 e. The topological polar surface area (TPSA) is 57.3 Å². The number of carbonyl (C=O) groups excluding carboxylic acids is 1. The highest BCUT2D eigenvalue weighted by atomic mass is 35.5. The van der Waals surface area contributed by atoms with Crippen molar-refractivity contribution in [3.63, 3.8) is 0 Å². The van der Waals surface area contributed by atoms with Crippen molar-refractivity contribution in [2.24, 2.45) is 0 Å². The third kappa shape index (κ3) is 2.89. The standard InChI is InChI=1S/C16H13ClN2O3/c1-2-12-10-15(22-16(20)14-7-4-8-21-14)19(18-12)13-6-3-5-11(17)9-13/h3-10H,2H2,1H3. The maximum Gasteiger partial charge on any atom is 0.380 e. The van der Waals surface area contributed by atoms with E-state index < -0.39 is 5.97 Å². The number of hydrogen-bond acceptors (Lipinski definition) is 4. The van der Waals surface area contributed by atoms with E-state index in [2.05, 4.69) is 5.10 Å². The van der Waals surface area contributed by atoms with E-state index in [9.17, 15) is 4.79 Å². The molecule has 112 valence electrons. The zero-order valence-electron chi connectivity index (χ0n) is 11.8. The largest absolute Gasteiger partial charge is 0.457 e. The van der Waals surface area contributed by atoms with Crippen molar-refractivity contribution in [3.8, 4) is 11.6 Å². The average Bonchev–Trinajstić information content (AvgIpc) is 3.16. The van der Waals surface area contributed by atoms with Crippen LogP contribution in [0.3, 0.4) is 0 Å². The minimum absolute atomic E-state index is 0.136. The van der Waals surface area contributed by atoms with Gasteiger partial charge in [0.05, 0.1) is 17.6 Å². The van der Waals surface area contributed by atoms with Crippen molar-refractivity contribution in [1.82, 2.24) is 9.78 Å². The van der Waals surface area contributed by atoms with Crippen molar-refractivity contribution >= 4 is 17.6 Å². The fourth-order valence-corrected chi connectivity index (χ4v) is 2.17. The maximum atomic E-state index is 12.0. The summed E-state index contributed by atoms with van der Waals surface area (Å²) in [5.74, 6) is -0.117. The second kappa shape index (κ2) is 6.07. The third-order valence-electron chi connectivity index (χ3n) is 3.06. The van der Waals surface area contributed by atoms with Crippen LogP contribution in [-0.4, -0.2) is 15.7 Å². The summed E-state index contributed by atoms with van der Waals surface area (Å²) in [6.07, 6.45) is 2.14. The number of rotatable bonds is 4. The molecule has 0 saturated carbocycles. The molecule has 2 aromatic heterocycles. The molecule has 5 nitrogen and oxygen atoms in total. The summed E-state index contributed by atoms with van der Waals surface area (Å²) in [4.78, 5) is 12.0. The molecular weight excluding hydrogens is 304 g/mol. The first-order valence-corrected chi connectivity index (χ1v) is 7.15. The molecule has 1 aromatic carbocycles. The van der Waals surface area contributed by atoms with Gasteiger partial charge in [0.15, 0.2) is 0 Å². The monoisotopic (exact) mass is 316 g/mol. The summed E-state index contributed by atoms with van der Waals surface area (Å²) >= 11 is 6.01. The highest BCUT2D eigenvalue weighted by Crippen LogP contribution is 2.23. The molecule has 0 bridgehead atoms. The number of aromatic nitrogens is 2. The van der Waals surface area contributed by atoms with E-state index in [4.69, 9.17) is 20.8 Å². The predicted octanol–water partition coefficient (Wildman–Crippen LogP) is 3.90. The maximum absolute atomic E-state index is 12.0. The van der Waals surface area contributed by atoms with Crippen molar-refractivity contribution in [3.05, 3.63) is 65.2 Å². The molecule has 6 heteroatoms. The zero-order chi connectivity index (χ0) is 15.5. The quantitative estimate of drug-likeness (QED) is 0.685. The van der Waals surface area contributed by atoms with E-state index in [1.54, 1.807) is 35.0 Å². The van der Waals surface area contributed by atoms with Gasteiger partial charge < -0.3 is 9.15 Å². The Kier molecular flexibility index (Phi) is 3.98. The lowest BCUT2D eigenvalue weighted by atomic mass is 10.3. The average molecular weight is 317 g/mol. The van der Waals surface area contributed by atoms with Gasteiger partial charge in [0.25, 0.3) is 0 Å². The number of aryl methyl sites for hydroxylation is 1. The van der Waals surface area contributed by atoms with Gasteiger partial charge >= 0.3 is 5.97 Å². The third-order valence-corrected chi connectivity index (χ3v) is 3.30. The molecule has 0 aliphatic rings. The normalized spacial score (nSPS) is 10.6. The van der Waals surface area contributed by atoms with Crippen LogP contribution in [0.2, 0.25) is 5.02 Å². The molecule has 2 heterocycles. The van der Waals surface area contributed by atoms with Crippen LogP contribution in [0.15, 0.2) is 53.1 Å². The van der Waals surface area contributed by atoms with Crippen molar-refractivity contribution < 1.29 is 13.9 Å². The molecule has 0 aliphatic carbocycles. The molecule has 0 amide bonds. The van der Waals surface area contributed by atoms with Crippen LogP contribution in [0, 0.1) is 0 Å². The number of nitrogens with zero attached hydrogens (tertiary/aromatic N) is 2. The molecule has 0 N–H and O–H groups in total. The summed E-state index contributed by atoms with van der Waals surface area (Å²) in [5, 5.41) is 5.00. The van der Waals surface area contributed by atoms with Gasteiger partial charge in [0, 0.05) is 11.1 Å². The van der Waals surface area contributed by atoms with Gasteiger partial charge in [-0.25, -0.2) is 9.48 Å². The fraction of sp³-hybridized carbons (Fsp3) is 0.125. The molecule has 3 aromatic rings. The number of carbonyl (C=O) groups is 1. The lowest BCUT2D eigenvalue weighted by Gasteiger charge is -2.07. The Hall–Kier alpha value is -2.53. The molecule has 0 fully saturated rings.